The van der Waals surface area contributed by atoms with Gasteiger partial charge < -0.3 is 15.2 Å². The van der Waals surface area contributed by atoms with Crippen molar-refractivity contribution in [3.8, 4) is 0 Å². The lowest BCUT2D eigenvalue weighted by Gasteiger charge is -2.05. The first-order chi connectivity index (χ1) is 7.65. The van der Waals surface area contributed by atoms with Crippen molar-refractivity contribution in [1.82, 2.24) is 0 Å². The van der Waals surface area contributed by atoms with Gasteiger partial charge in [0.05, 0.1) is 12.2 Å². The molecule has 0 atom stereocenters. The Hall–Kier alpha value is -1.07. The number of methoxy groups -OCH3 is 1. The Morgan fingerprint density at radius 2 is 2.19 bits per heavy atom. The maximum Gasteiger partial charge on any atom is 0.338 e. The molecule has 1 rings (SSSR count). The second kappa shape index (κ2) is 6.50. The Morgan fingerprint density at radius 3 is 2.81 bits per heavy atom. The van der Waals surface area contributed by atoms with Crippen LogP contribution in [0.15, 0.2) is 22.7 Å². The van der Waals surface area contributed by atoms with Gasteiger partial charge in [-0.2, -0.15) is 0 Å². The van der Waals surface area contributed by atoms with Gasteiger partial charge >= 0.3 is 5.97 Å². The summed E-state index contributed by atoms with van der Waals surface area (Å²) in [6, 6.07) is 4.98. The van der Waals surface area contributed by atoms with Gasteiger partial charge in [0.25, 0.3) is 0 Å². The minimum absolute atomic E-state index is 0.350. The van der Waals surface area contributed by atoms with Crippen LogP contribution in [0.1, 0.15) is 16.8 Å². The molecule has 88 valence electrons. The molecule has 16 heavy (non-hydrogen) atoms. The molecule has 0 aliphatic carbocycles. The molecule has 0 saturated carbocycles. The molecule has 5 heteroatoms. The van der Waals surface area contributed by atoms with Crippen LogP contribution in [0.5, 0.6) is 0 Å². The number of rotatable bonds is 5. The van der Waals surface area contributed by atoms with E-state index in [1.165, 1.54) is 0 Å². The van der Waals surface area contributed by atoms with E-state index in [1.807, 2.05) is 0 Å². The predicted octanol–water partition coefficient (Wildman–Crippen LogP) is 2.22. The van der Waals surface area contributed by atoms with Crippen LogP contribution in [0.3, 0.4) is 0 Å². The van der Waals surface area contributed by atoms with Crippen LogP contribution in [-0.2, 0) is 9.47 Å². The van der Waals surface area contributed by atoms with E-state index in [2.05, 4.69) is 15.9 Å². The molecule has 2 N–H and O–H groups in total. The van der Waals surface area contributed by atoms with Gasteiger partial charge in [0, 0.05) is 30.3 Å². The van der Waals surface area contributed by atoms with Crippen LogP contribution in [0, 0.1) is 0 Å². The van der Waals surface area contributed by atoms with Crippen molar-refractivity contribution in [1.29, 1.82) is 0 Å². The molecule has 0 radical (unpaired) electrons. The highest BCUT2D eigenvalue weighted by atomic mass is 79.9. The SMILES string of the molecule is COCCCOC(=O)c1ccc(Br)c(N)c1. The van der Waals surface area contributed by atoms with Crippen molar-refractivity contribution >= 4 is 27.6 Å². The number of benzene rings is 1. The molecule has 0 aliphatic rings. The molecular formula is C11H14BrNO3. The third kappa shape index (κ3) is 3.83. The Labute approximate surface area is 103 Å². The van der Waals surface area contributed by atoms with Gasteiger partial charge in [0.2, 0.25) is 0 Å². The number of ether oxygens (including phenoxy) is 2. The number of carbonyl (C=O) groups is 1. The van der Waals surface area contributed by atoms with Crippen LogP contribution in [0.2, 0.25) is 0 Å². The third-order valence-corrected chi connectivity index (χ3v) is 2.68. The number of nitrogens with two attached hydrogens (primary N) is 1. The lowest BCUT2D eigenvalue weighted by molar-refractivity contribution is 0.0468. The van der Waals surface area contributed by atoms with E-state index in [-0.39, 0.29) is 5.97 Å². The van der Waals surface area contributed by atoms with Crippen molar-refractivity contribution in [2.75, 3.05) is 26.1 Å². The number of hydrogen-bond acceptors (Lipinski definition) is 4. The van der Waals surface area contributed by atoms with E-state index in [0.29, 0.717) is 30.9 Å². The summed E-state index contributed by atoms with van der Waals surface area (Å²) >= 11 is 3.26. The molecular weight excluding hydrogens is 274 g/mol. The van der Waals surface area contributed by atoms with Crippen LogP contribution in [0.4, 0.5) is 5.69 Å². The number of esters is 1. The van der Waals surface area contributed by atoms with Gasteiger partial charge in [-0.3, -0.25) is 0 Å². The zero-order valence-corrected chi connectivity index (χ0v) is 10.6. The summed E-state index contributed by atoms with van der Waals surface area (Å²) in [5.41, 5.74) is 6.64. The average molecular weight is 288 g/mol. The number of halogens is 1. The van der Waals surface area contributed by atoms with Crippen molar-refractivity contribution < 1.29 is 14.3 Å². The normalized spacial score (nSPS) is 10.1. The first kappa shape index (κ1) is 13.0. The highest BCUT2D eigenvalue weighted by Crippen LogP contribution is 2.20. The van der Waals surface area contributed by atoms with Crippen molar-refractivity contribution in [3.63, 3.8) is 0 Å². The Bertz CT molecular complexity index is 368. The largest absolute Gasteiger partial charge is 0.462 e. The van der Waals surface area contributed by atoms with Crippen LogP contribution in [-0.4, -0.2) is 26.3 Å². The Morgan fingerprint density at radius 1 is 1.44 bits per heavy atom. The quantitative estimate of drug-likeness (QED) is 0.512. The van der Waals surface area contributed by atoms with Crippen molar-refractivity contribution in [3.05, 3.63) is 28.2 Å². The Kier molecular flexibility index (Phi) is 5.28. The molecule has 0 fully saturated rings. The summed E-state index contributed by atoms with van der Waals surface area (Å²) in [6.07, 6.45) is 0.689. The fourth-order valence-corrected chi connectivity index (χ4v) is 1.37. The zero-order chi connectivity index (χ0) is 12.0. The molecule has 1 aromatic rings. The molecule has 0 bridgehead atoms. The summed E-state index contributed by atoms with van der Waals surface area (Å²) in [6.45, 7) is 0.929. The van der Waals surface area contributed by atoms with E-state index in [9.17, 15) is 4.79 Å². The van der Waals surface area contributed by atoms with Crippen molar-refractivity contribution in [2.45, 2.75) is 6.42 Å². The lowest BCUT2D eigenvalue weighted by Crippen LogP contribution is -2.08. The number of anilines is 1. The van der Waals surface area contributed by atoms with Crippen LogP contribution >= 0.6 is 15.9 Å². The van der Waals surface area contributed by atoms with E-state index in [4.69, 9.17) is 15.2 Å². The van der Waals surface area contributed by atoms with Gasteiger partial charge in [-0.1, -0.05) is 0 Å². The Balaban J connectivity index is 2.50. The van der Waals surface area contributed by atoms with Gasteiger partial charge in [0.15, 0.2) is 0 Å². The van der Waals surface area contributed by atoms with E-state index in [0.717, 1.165) is 4.47 Å². The van der Waals surface area contributed by atoms with Gasteiger partial charge in [-0.15, -0.1) is 0 Å². The van der Waals surface area contributed by atoms with Gasteiger partial charge in [-0.05, 0) is 34.1 Å². The molecule has 0 amide bonds. The lowest BCUT2D eigenvalue weighted by atomic mass is 10.2. The number of carbonyl (C=O) groups excluding carboxylic acids is 1. The van der Waals surface area contributed by atoms with Gasteiger partial charge in [-0.25, -0.2) is 4.79 Å². The monoisotopic (exact) mass is 287 g/mol. The first-order valence-electron chi connectivity index (χ1n) is 4.86. The second-order valence-corrected chi connectivity index (χ2v) is 4.07. The molecule has 1 aromatic carbocycles. The fourth-order valence-electron chi connectivity index (χ4n) is 1.12. The second-order valence-electron chi connectivity index (χ2n) is 3.22. The number of hydrogen-bond donors (Lipinski definition) is 1. The highest BCUT2D eigenvalue weighted by Gasteiger charge is 2.08. The summed E-state index contributed by atoms with van der Waals surface area (Å²) in [7, 11) is 1.61. The minimum Gasteiger partial charge on any atom is -0.462 e. The maximum atomic E-state index is 11.5. The smallest absolute Gasteiger partial charge is 0.338 e. The van der Waals surface area contributed by atoms with E-state index < -0.39 is 0 Å². The van der Waals surface area contributed by atoms with Crippen molar-refractivity contribution in [2.24, 2.45) is 0 Å². The maximum absolute atomic E-state index is 11.5. The minimum atomic E-state index is -0.365. The molecule has 0 aromatic heterocycles. The topological polar surface area (TPSA) is 61.5 Å². The van der Waals surface area contributed by atoms with E-state index >= 15 is 0 Å². The average Bonchev–Trinajstić information content (AvgIpc) is 2.28. The first-order valence-corrected chi connectivity index (χ1v) is 5.65. The molecule has 4 nitrogen and oxygen atoms in total. The summed E-state index contributed by atoms with van der Waals surface area (Å²) in [5.74, 6) is -0.365. The molecule has 0 heterocycles. The zero-order valence-electron chi connectivity index (χ0n) is 9.03. The summed E-state index contributed by atoms with van der Waals surface area (Å²) in [4.78, 5) is 11.5. The molecule has 0 unspecified atom stereocenters. The molecule has 0 aliphatic heterocycles. The fraction of sp³-hybridized carbons (Fsp3) is 0.364. The van der Waals surface area contributed by atoms with Crippen LogP contribution < -0.4 is 5.73 Å². The van der Waals surface area contributed by atoms with E-state index in [1.54, 1.807) is 25.3 Å². The van der Waals surface area contributed by atoms with Crippen LogP contribution in [0.25, 0.3) is 0 Å². The number of nitrogen functional groups attached to an aromatic ring is 1. The third-order valence-electron chi connectivity index (χ3n) is 1.96. The predicted molar refractivity (Wildman–Crippen MR) is 65.3 cm³/mol. The summed E-state index contributed by atoms with van der Waals surface area (Å²) < 4.78 is 10.6. The summed E-state index contributed by atoms with van der Waals surface area (Å²) in [5, 5.41) is 0. The van der Waals surface area contributed by atoms with Gasteiger partial charge in [0.1, 0.15) is 0 Å². The molecule has 0 saturated heterocycles. The highest BCUT2D eigenvalue weighted by molar-refractivity contribution is 9.10. The molecule has 0 spiro atoms. The standard InChI is InChI=1S/C11H14BrNO3/c1-15-5-2-6-16-11(14)8-3-4-9(12)10(13)7-8/h3-4,7H,2,5-6,13H2,1H3.